The molecule has 0 aromatic heterocycles. The van der Waals surface area contributed by atoms with Crippen molar-refractivity contribution >= 4 is 17.7 Å². The molecule has 0 aliphatic carbocycles. The summed E-state index contributed by atoms with van der Waals surface area (Å²) in [6.07, 6.45) is 1.71. The van der Waals surface area contributed by atoms with E-state index in [2.05, 4.69) is 5.32 Å². The van der Waals surface area contributed by atoms with Crippen LogP contribution < -0.4 is 5.32 Å². The Kier molecular flexibility index (Phi) is 6.70. The molecule has 136 valence electrons. The van der Waals surface area contributed by atoms with Crippen LogP contribution in [0.4, 0.5) is 0 Å². The summed E-state index contributed by atoms with van der Waals surface area (Å²) in [6.45, 7) is 7.27. The largest absolute Gasteiger partial charge is 0.379 e. The molecule has 0 fully saturated rings. The normalized spacial score (nSPS) is 13.5. The highest BCUT2D eigenvalue weighted by Gasteiger charge is 2.34. The second-order valence-corrected chi connectivity index (χ2v) is 6.54. The zero-order valence-electron chi connectivity index (χ0n) is 15.1. The highest BCUT2D eigenvalue weighted by atomic mass is 16.5. The van der Waals surface area contributed by atoms with Crippen LogP contribution in [0.3, 0.4) is 0 Å². The van der Waals surface area contributed by atoms with Crippen LogP contribution in [-0.2, 0) is 9.53 Å². The number of imide groups is 1. The number of carbonyl (C=O) groups excluding carboxylic acids is 3. The summed E-state index contributed by atoms with van der Waals surface area (Å²) in [6, 6.07) is 5.25. The van der Waals surface area contributed by atoms with E-state index >= 15 is 0 Å². The fourth-order valence-corrected chi connectivity index (χ4v) is 2.71. The average Bonchev–Trinajstić information content (AvgIpc) is 2.78. The Bertz CT molecular complexity index is 655. The van der Waals surface area contributed by atoms with Crippen LogP contribution >= 0.6 is 0 Å². The van der Waals surface area contributed by atoms with Gasteiger partial charge in [-0.2, -0.15) is 0 Å². The van der Waals surface area contributed by atoms with Crippen LogP contribution in [0, 0.1) is 6.92 Å². The summed E-state index contributed by atoms with van der Waals surface area (Å²) in [5.74, 6) is -0.613. The molecule has 0 bridgehead atoms. The standard InChI is InChI=1S/C19H26N2O4/c1-13(2)25-11-5-9-20-17(22)6-4-10-21-18(23)15-8-7-14(3)12-16(15)19(21)24/h7-8,12-13H,4-6,9-11H2,1-3H3,(H,20,22). The van der Waals surface area contributed by atoms with Gasteiger partial charge in [-0.1, -0.05) is 11.6 Å². The number of carbonyl (C=O) groups is 3. The minimum atomic E-state index is -0.272. The number of hydrogen-bond acceptors (Lipinski definition) is 4. The highest BCUT2D eigenvalue weighted by molar-refractivity contribution is 6.21. The lowest BCUT2D eigenvalue weighted by atomic mass is 10.1. The molecule has 1 aromatic carbocycles. The first-order valence-electron chi connectivity index (χ1n) is 8.75. The molecule has 1 N–H and O–H groups in total. The number of fused-ring (bicyclic) bond motifs is 1. The van der Waals surface area contributed by atoms with Gasteiger partial charge in [0.25, 0.3) is 11.8 Å². The van der Waals surface area contributed by atoms with Crippen molar-refractivity contribution in [2.45, 2.75) is 46.1 Å². The smallest absolute Gasteiger partial charge is 0.261 e. The molecular formula is C19H26N2O4. The third kappa shape index (κ3) is 5.13. The lowest BCUT2D eigenvalue weighted by Crippen LogP contribution is -2.32. The molecule has 0 unspecified atom stereocenters. The number of benzene rings is 1. The Hall–Kier alpha value is -2.21. The Balaban J connectivity index is 1.71. The van der Waals surface area contributed by atoms with E-state index in [1.165, 1.54) is 4.90 Å². The van der Waals surface area contributed by atoms with Crippen LogP contribution in [0.15, 0.2) is 18.2 Å². The van der Waals surface area contributed by atoms with Gasteiger partial charge in [0.2, 0.25) is 5.91 Å². The van der Waals surface area contributed by atoms with Crippen molar-refractivity contribution in [1.29, 1.82) is 0 Å². The average molecular weight is 346 g/mol. The van der Waals surface area contributed by atoms with Crippen LogP contribution in [0.5, 0.6) is 0 Å². The number of amides is 3. The van der Waals surface area contributed by atoms with Crippen molar-refractivity contribution in [3.05, 3.63) is 34.9 Å². The first-order valence-corrected chi connectivity index (χ1v) is 8.75. The van der Waals surface area contributed by atoms with Gasteiger partial charge in [0.15, 0.2) is 0 Å². The fraction of sp³-hybridized carbons (Fsp3) is 0.526. The van der Waals surface area contributed by atoms with Crippen LogP contribution in [0.1, 0.15) is 59.4 Å². The van der Waals surface area contributed by atoms with Crippen molar-refractivity contribution in [3.8, 4) is 0 Å². The van der Waals surface area contributed by atoms with Crippen molar-refractivity contribution in [2.24, 2.45) is 0 Å². The Labute approximate surface area is 148 Å². The summed E-state index contributed by atoms with van der Waals surface area (Å²) in [5.41, 5.74) is 1.85. The maximum Gasteiger partial charge on any atom is 0.261 e. The Morgan fingerprint density at radius 1 is 1.16 bits per heavy atom. The van der Waals surface area contributed by atoms with Gasteiger partial charge in [0.05, 0.1) is 17.2 Å². The zero-order valence-corrected chi connectivity index (χ0v) is 15.1. The third-order valence-corrected chi connectivity index (χ3v) is 4.01. The minimum absolute atomic E-state index is 0.0722. The molecule has 0 radical (unpaired) electrons. The summed E-state index contributed by atoms with van der Waals surface area (Å²) >= 11 is 0. The van der Waals surface area contributed by atoms with Crippen molar-refractivity contribution in [3.63, 3.8) is 0 Å². The first kappa shape index (κ1) is 19.1. The number of aryl methyl sites for hydroxylation is 1. The quantitative estimate of drug-likeness (QED) is 0.550. The lowest BCUT2D eigenvalue weighted by molar-refractivity contribution is -0.121. The predicted molar refractivity (Wildman–Crippen MR) is 94.5 cm³/mol. The number of ether oxygens (including phenoxy) is 1. The predicted octanol–water partition coefficient (Wildman–Crippen LogP) is 2.30. The minimum Gasteiger partial charge on any atom is -0.379 e. The maximum atomic E-state index is 12.3. The summed E-state index contributed by atoms with van der Waals surface area (Å²) in [4.78, 5) is 37.6. The van der Waals surface area contributed by atoms with E-state index in [0.29, 0.717) is 30.7 Å². The zero-order chi connectivity index (χ0) is 18.4. The molecule has 3 amide bonds. The first-order chi connectivity index (χ1) is 11.9. The lowest BCUT2D eigenvalue weighted by Gasteiger charge is -2.13. The fourth-order valence-electron chi connectivity index (χ4n) is 2.71. The van der Waals surface area contributed by atoms with Crippen LogP contribution in [-0.4, -0.2) is 48.4 Å². The van der Waals surface area contributed by atoms with Gasteiger partial charge >= 0.3 is 0 Å². The van der Waals surface area contributed by atoms with Crippen molar-refractivity contribution in [2.75, 3.05) is 19.7 Å². The SMILES string of the molecule is Cc1ccc2c(c1)C(=O)N(CCCC(=O)NCCCOC(C)C)C2=O. The summed E-state index contributed by atoms with van der Waals surface area (Å²) in [5, 5.41) is 2.82. The molecule has 1 aliphatic rings. The molecule has 6 nitrogen and oxygen atoms in total. The monoisotopic (exact) mass is 346 g/mol. The van der Waals surface area contributed by atoms with E-state index in [4.69, 9.17) is 4.74 Å². The second kappa shape index (κ2) is 8.76. The molecule has 1 heterocycles. The molecular weight excluding hydrogens is 320 g/mol. The van der Waals surface area contributed by atoms with E-state index in [9.17, 15) is 14.4 Å². The Morgan fingerprint density at radius 3 is 2.60 bits per heavy atom. The van der Waals surface area contributed by atoms with Gasteiger partial charge in [0.1, 0.15) is 0 Å². The maximum absolute atomic E-state index is 12.3. The van der Waals surface area contributed by atoms with E-state index in [0.717, 1.165) is 12.0 Å². The van der Waals surface area contributed by atoms with Gasteiger partial charge in [-0.05, 0) is 45.7 Å². The highest BCUT2D eigenvalue weighted by Crippen LogP contribution is 2.24. The molecule has 6 heteroatoms. The number of nitrogens with one attached hydrogen (secondary N) is 1. The van der Waals surface area contributed by atoms with E-state index in [1.807, 2.05) is 26.8 Å². The van der Waals surface area contributed by atoms with Gasteiger partial charge in [-0.3, -0.25) is 19.3 Å². The molecule has 25 heavy (non-hydrogen) atoms. The van der Waals surface area contributed by atoms with Gasteiger partial charge in [-0.25, -0.2) is 0 Å². The third-order valence-electron chi connectivity index (χ3n) is 4.01. The van der Waals surface area contributed by atoms with Crippen molar-refractivity contribution in [1.82, 2.24) is 10.2 Å². The molecule has 2 rings (SSSR count). The molecule has 1 aliphatic heterocycles. The Morgan fingerprint density at radius 2 is 1.88 bits per heavy atom. The van der Waals surface area contributed by atoms with Crippen LogP contribution in [0.25, 0.3) is 0 Å². The van der Waals surface area contributed by atoms with Crippen LogP contribution in [0.2, 0.25) is 0 Å². The van der Waals surface area contributed by atoms with Gasteiger partial charge in [0, 0.05) is 26.1 Å². The van der Waals surface area contributed by atoms with Crippen molar-refractivity contribution < 1.29 is 19.1 Å². The molecule has 0 saturated heterocycles. The summed E-state index contributed by atoms with van der Waals surface area (Å²) in [7, 11) is 0. The summed E-state index contributed by atoms with van der Waals surface area (Å²) < 4.78 is 5.40. The molecule has 0 saturated carbocycles. The van der Waals surface area contributed by atoms with E-state index in [-0.39, 0.29) is 36.8 Å². The topological polar surface area (TPSA) is 75.7 Å². The molecule has 0 atom stereocenters. The molecule has 1 aromatic rings. The van der Waals surface area contributed by atoms with Gasteiger partial charge < -0.3 is 10.1 Å². The van der Waals surface area contributed by atoms with E-state index in [1.54, 1.807) is 12.1 Å². The number of rotatable bonds is 9. The second-order valence-electron chi connectivity index (χ2n) is 6.54. The number of hydrogen-bond donors (Lipinski definition) is 1. The van der Waals surface area contributed by atoms with E-state index < -0.39 is 0 Å². The number of nitrogens with zero attached hydrogens (tertiary/aromatic N) is 1. The van der Waals surface area contributed by atoms with Gasteiger partial charge in [-0.15, -0.1) is 0 Å². The molecule has 0 spiro atoms.